The molecule has 0 saturated heterocycles. The molecule has 29 heavy (non-hydrogen) atoms. The van der Waals surface area contributed by atoms with Gasteiger partial charge in [-0.2, -0.15) is 0 Å². The first-order valence-electron chi connectivity index (χ1n) is 8.88. The summed E-state index contributed by atoms with van der Waals surface area (Å²) in [4.78, 5) is 13.0. The van der Waals surface area contributed by atoms with Crippen LogP contribution in [0.25, 0.3) is 10.9 Å². The van der Waals surface area contributed by atoms with E-state index in [0.29, 0.717) is 16.6 Å². The molecular formula is C22H17BrN2O3S. The minimum absolute atomic E-state index is 0.00264. The van der Waals surface area contributed by atoms with E-state index in [2.05, 4.69) is 21.2 Å². The molecule has 1 aromatic heterocycles. The lowest BCUT2D eigenvalue weighted by molar-refractivity contribution is -0.116. The number of hydrogen-bond acceptors (Lipinski definition) is 3. The topological polar surface area (TPSA) is 68.2 Å². The number of anilines is 1. The third-order valence-corrected chi connectivity index (χ3v) is 6.81. The molecule has 0 aliphatic rings. The minimum Gasteiger partial charge on any atom is -0.337 e. The Morgan fingerprint density at radius 2 is 1.66 bits per heavy atom. The van der Waals surface area contributed by atoms with Crippen LogP contribution >= 0.6 is 15.9 Å². The molecule has 1 N–H and O–H groups in total. The highest BCUT2D eigenvalue weighted by Gasteiger charge is 2.23. The molecule has 4 aromatic rings. The zero-order valence-corrected chi connectivity index (χ0v) is 17.7. The second-order valence-corrected chi connectivity index (χ2v) is 9.35. The molecule has 5 nitrogen and oxygen atoms in total. The molecule has 0 aliphatic carbocycles. The lowest BCUT2D eigenvalue weighted by atomic mass is 10.2. The first-order chi connectivity index (χ1) is 13.9. The number of benzene rings is 3. The molecule has 3 aromatic carbocycles. The van der Waals surface area contributed by atoms with Crippen LogP contribution in [0.2, 0.25) is 0 Å². The van der Waals surface area contributed by atoms with Crippen molar-refractivity contribution in [3.63, 3.8) is 0 Å². The van der Waals surface area contributed by atoms with E-state index in [9.17, 15) is 13.2 Å². The monoisotopic (exact) mass is 468 g/mol. The fraction of sp³-hybridized carbons (Fsp3) is 0.0455. The van der Waals surface area contributed by atoms with Crippen molar-refractivity contribution in [3.05, 3.63) is 89.5 Å². The average Bonchev–Trinajstić information content (AvgIpc) is 3.08. The van der Waals surface area contributed by atoms with E-state index in [0.717, 1.165) is 4.47 Å². The maximum atomic E-state index is 13.2. The number of hydrogen-bond donors (Lipinski definition) is 1. The Hall–Kier alpha value is -2.90. The van der Waals surface area contributed by atoms with Crippen molar-refractivity contribution < 1.29 is 13.2 Å². The number of fused-ring (bicyclic) bond motifs is 1. The summed E-state index contributed by atoms with van der Waals surface area (Å²) in [5, 5.41) is 3.43. The number of nitrogens with one attached hydrogen (secondary N) is 1. The summed E-state index contributed by atoms with van der Waals surface area (Å²) in [7, 11) is -3.70. The molecule has 0 unspecified atom stereocenters. The molecule has 0 bridgehead atoms. The second-order valence-electron chi connectivity index (χ2n) is 6.51. The van der Waals surface area contributed by atoms with E-state index < -0.39 is 9.84 Å². The van der Waals surface area contributed by atoms with Crippen LogP contribution < -0.4 is 5.32 Å². The fourth-order valence-corrected chi connectivity index (χ4v) is 5.10. The number of carbonyl (C=O) groups is 1. The highest BCUT2D eigenvalue weighted by atomic mass is 79.9. The van der Waals surface area contributed by atoms with Crippen molar-refractivity contribution in [2.75, 3.05) is 5.32 Å². The van der Waals surface area contributed by atoms with Crippen LogP contribution in [0, 0.1) is 0 Å². The number of nitrogens with zero attached hydrogens (tertiary/aromatic N) is 1. The molecule has 0 radical (unpaired) electrons. The summed E-state index contributed by atoms with van der Waals surface area (Å²) in [5.41, 5.74) is 1.35. The SMILES string of the molecule is O=C(Cn1cc(S(=O)(=O)c2ccccc2)c2ccccc21)Nc1cccc(Br)c1. The zero-order chi connectivity index (χ0) is 20.4. The van der Waals surface area contributed by atoms with Gasteiger partial charge in [0.15, 0.2) is 0 Å². The summed E-state index contributed by atoms with van der Waals surface area (Å²) in [6, 6.07) is 22.8. The fourth-order valence-electron chi connectivity index (χ4n) is 3.21. The third kappa shape index (κ3) is 3.97. The zero-order valence-electron chi connectivity index (χ0n) is 15.2. The molecule has 7 heteroatoms. The van der Waals surface area contributed by atoms with Crippen molar-refractivity contribution in [1.29, 1.82) is 0 Å². The molecule has 0 saturated carbocycles. The quantitative estimate of drug-likeness (QED) is 0.453. The van der Waals surface area contributed by atoms with Gasteiger partial charge in [0.25, 0.3) is 0 Å². The summed E-state index contributed by atoms with van der Waals surface area (Å²) in [6.07, 6.45) is 1.54. The second kappa shape index (κ2) is 7.85. The molecule has 0 atom stereocenters. The van der Waals surface area contributed by atoms with Crippen molar-refractivity contribution in [3.8, 4) is 0 Å². The Kier molecular flexibility index (Phi) is 5.25. The van der Waals surface area contributed by atoms with Gasteiger partial charge in [0.2, 0.25) is 15.7 Å². The van der Waals surface area contributed by atoms with Gasteiger partial charge in [-0.3, -0.25) is 4.79 Å². The van der Waals surface area contributed by atoms with E-state index in [1.54, 1.807) is 59.2 Å². The van der Waals surface area contributed by atoms with Crippen molar-refractivity contribution in [1.82, 2.24) is 4.57 Å². The minimum atomic E-state index is -3.70. The van der Waals surface area contributed by atoms with E-state index in [4.69, 9.17) is 0 Å². The Morgan fingerprint density at radius 1 is 0.931 bits per heavy atom. The third-order valence-electron chi connectivity index (χ3n) is 4.52. The van der Waals surface area contributed by atoms with Gasteiger partial charge in [0.1, 0.15) is 6.54 Å². The maximum Gasteiger partial charge on any atom is 0.244 e. The molecule has 0 fully saturated rings. The van der Waals surface area contributed by atoms with Crippen LogP contribution in [0.4, 0.5) is 5.69 Å². The number of rotatable bonds is 5. The summed E-state index contributed by atoms with van der Waals surface area (Å²) >= 11 is 3.38. The van der Waals surface area contributed by atoms with Gasteiger partial charge in [-0.05, 0) is 36.4 Å². The molecular weight excluding hydrogens is 452 g/mol. The number of para-hydroxylation sites is 1. The van der Waals surface area contributed by atoms with Crippen LogP contribution in [-0.4, -0.2) is 18.9 Å². The average molecular weight is 469 g/mol. The first-order valence-corrected chi connectivity index (χ1v) is 11.2. The van der Waals surface area contributed by atoms with E-state index in [1.807, 2.05) is 24.3 Å². The van der Waals surface area contributed by atoms with E-state index in [-0.39, 0.29) is 22.2 Å². The predicted molar refractivity (Wildman–Crippen MR) is 117 cm³/mol. The van der Waals surface area contributed by atoms with Crippen molar-refractivity contribution in [2.24, 2.45) is 0 Å². The smallest absolute Gasteiger partial charge is 0.244 e. The first kappa shape index (κ1) is 19.4. The van der Waals surface area contributed by atoms with Crippen LogP contribution in [0.15, 0.2) is 99.3 Å². The Morgan fingerprint density at radius 3 is 2.41 bits per heavy atom. The molecule has 4 rings (SSSR count). The van der Waals surface area contributed by atoms with Gasteiger partial charge in [0.05, 0.1) is 9.79 Å². The Labute approximate surface area is 177 Å². The highest BCUT2D eigenvalue weighted by Crippen LogP contribution is 2.30. The van der Waals surface area contributed by atoms with Crippen LogP contribution in [0.1, 0.15) is 0 Å². The van der Waals surface area contributed by atoms with Crippen molar-refractivity contribution in [2.45, 2.75) is 16.3 Å². The van der Waals surface area contributed by atoms with Crippen LogP contribution in [0.5, 0.6) is 0 Å². The predicted octanol–water partition coefficient (Wildman–Crippen LogP) is 4.88. The number of amides is 1. The largest absolute Gasteiger partial charge is 0.337 e. The lowest BCUT2D eigenvalue weighted by Crippen LogP contribution is -2.18. The number of carbonyl (C=O) groups excluding carboxylic acids is 1. The molecule has 1 heterocycles. The lowest BCUT2D eigenvalue weighted by Gasteiger charge is -2.07. The van der Waals surface area contributed by atoms with E-state index in [1.165, 1.54) is 6.20 Å². The number of sulfone groups is 1. The molecule has 1 amide bonds. The summed E-state index contributed by atoms with van der Waals surface area (Å²) in [5.74, 6) is -0.243. The Bertz CT molecular complexity index is 1300. The van der Waals surface area contributed by atoms with E-state index >= 15 is 0 Å². The van der Waals surface area contributed by atoms with Gasteiger partial charge >= 0.3 is 0 Å². The number of aromatic nitrogens is 1. The Balaban J connectivity index is 1.70. The molecule has 146 valence electrons. The van der Waals surface area contributed by atoms with Gasteiger partial charge in [-0.15, -0.1) is 0 Å². The number of halogens is 1. The summed E-state index contributed by atoms with van der Waals surface area (Å²) in [6.45, 7) is -0.00264. The van der Waals surface area contributed by atoms with Gasteiger partial charge in [0, 0.05) is 27.3 Å². The molecule has 0 aliphatic heterocycles. The van der Waals surface area contributed by atoms with Gasteiger partial charge in [-0.25, -0.2) is 8.42 Å². The van der Waals surface area contributed by atoms with Crippen LogP contribution in [0.3, 0.4) is 0 Å². The van der Waals surface area contributed by atoms with Gasteiger partial charge in [-0.1, -0.05) is 58.4 Å². The maximum absolute atomic E-state index is 13.2. The van der Waals surface area contributed by atoms with Gasteiger partial charge < -0.3 is 9.88 Å². The van der Waals surface area contributed by atoms with Crippen LogP contribution in [-0.2, 0) is 21.2 Å². The van der Waals surface area contributed by atoms with Crippen molar-refractivity contribution >= 4 is 48.3 Å². The highest BCUT2D eigenvalue weighted by molar-refractivity contribution is 9.10. The molecule has 0 spiro atoms. The standard InChI is InChI=1S/C22H17BrN2O3S/c23-16-7-6-8-17(13-16)24-22(26)15-25-14-21(19-11-4-5-12-20(19)25)29(27,28)18-9-2-1-3-10-18/h1-14H,15H2,(H,24,26). The summed E-state index contributed by atoms with van der Waals surface area (Å²) < 4.78 is 28.8. The normalized spacial score (nSPS) is 11.5.